The Morgan fingerprint density at radius 1 is 1.00 bits per heavy atom. The number of carboxylic acids is 1. The van der Waals surface area contributed by atoms with E-state index in [-0.39, 0.29) is 40.0 Å². The topological polar surface area (TPSA) is 107 Å². The lowest BCUT2D eigenvalue weighted by atomic mass is 9.95. The number of aliphatic hydroxyl groups excluding tert-OH is 1. The normalized spacial score (nSPS) is 13.0. The van der Waals surface area contributed by atoms with E-state index in [1.54, 1.807) is 24.3 Å². The summed E-state index contributed by atoms with van der Waals surface area (Å²) < 4.78 is 28.5. The van der Waals surface area contributed by atoms with Gasteiger partial charge in [0.1, 0.15) is 4.90 Å². The van der Waals surface area contributed by atoms with Gasteiger partial charge in [-0.1, -0.05) is 77.8 Å². The van der Waals surface area contributed by atoms with Gasteiger partial charge in [-0.25, -0.2) is 8.42 Å². The van der Waals surface area contributed by atoms with Crippen molar-refractivity contribution in [3.8, 4) is 11.1 Å². The van der Waals surface area contributed by atoms with E-state index >= 15 is 0 Å². The van der Waals surface area contributed by atoms with Crippen molar-refractivity contribution >= 4 is 39.2 Å². The molecule has 3 aromatic rings. The third kappa shape index (κ3) is 9.81. The van der Waals surface area contributed by atoms with Crippen LogP contribution in [0.15, 0.2) is 71.6 Å². The lowest BCUT2D eigenvalue weighted by molar-refractivity contribution is -0.136. The van der Waals surface area contributed by atoms with Crippen molar-refractivity contribution in [3.63, 3.8) is 0 Å². The number of carboxylic acid groups (broad SMARTS) is 1. The molecule has 0 aliphatic rings. The van der Waals surface area contributed by atoms with Gasteiger partial charge in [-0.3, -0.25) is 4.79 Å². The van der Waals surface area contributed by atoms with Crippen molar-refractivity contribution < 1.29 is 23.4 Å². The summed E-state index contributed by atoms with van der Waals surface area (Å²) >= 11 is 12.7. The number of aliphatic carboxylic acids is 1. The zero-order chi connectivity index (χ0) is 30.2. The van der Waals surface area contributed by atoms with E-state index in [2.05, 4.69) is 31.3 Å². The van der Waals surface area contributed by atoms with E-state index in [4.69, 9.17) is 28.3 Å². The maximum absolute atomic E-state index is 13.7. The first kappa shape index (κ1) is 33.0. The first-order valence-corrected chi connectivity index (χ1v) is 15.7. The molecular weight excluding hydrogens is 583 g/mol. The summed E-state index contributed by atoms with van der Waals surface area (Å²) in [5.74, 6) is -0.892. The second kappa shape index (κ2) is 14.6. The summed E-state index contributed by atoms with van der Waals surface area (Å²) in [6.07, 6.45) is 2.23. The summed E-state index contributed by atoms with van der Waals surface area (Å²) in [5.41, 5.74) is 2.75. The van der Waals surface area contributed by atoms with Crippen LogP contribution >= 0.6 is 23.2 Å². The molecule has 3 aromatic carbocycles. The van der Waals surface area contributed by atoms with Crippen LogP contribution in [0.3, 0.4) is 0 Å². The molecule has 41 heavy (non-hydrogen) atoms. The zero-order valence-corrected chi connectivity index (χ0v) is 25.9. The molecule has 0 radical (unpaired) electrons. The molecule has 3 N–H and O–H groups in total. The molecule has 0 aromatic heterocycles. The third-order valence-electron chi connectivity index (χ3n) is 6.96. The van der Waals surface area contributed by atoms with Crippen molar-refractivity contribution in [2.75, 3.05) is 20.1 Å². The molecule has 0 amide bonds. The van der Waals surface area contributed by atoms with Gasteiger partial charge >= 0.3 is 5.97 Å². The van der Waals surface area contributed by atoms with Crippen LogP contribution in [0.1, 0.15) is 44.2 Å². The van der Waals surface area contributed by atoms with Crippen LogP contribution in [0.2, 0.25) is 10.0 Å². The number of aryl methyl sites for hydroxylation is 2. The number of nitrogens with one attached hydrogen (secondary N) is 1. The average Bonchev–Trinajstić information content (AvgIpc) is 2.91. The van der Waals surface area contributed by atoms with Gasteiger partial charge < -0.3 is 15.5 Å². The molecule has 1 atom stereocenters. The van der Waals surface area contributed by atoms with Gasteiger partial charge in [0.2, 0.25) is 10.0 Å². The molecule has 10 heteroatoms. The van der Waals surface area contributed by atoms with Gasteiger partial charge in [0.05, 0.1) is 11.1 Å². The predicted molar refractivity (Wildman–Crippen MR) is 165 cm³/mol. The van der Waals surface area contributed by atoms with Gasteiger partial charge in [0.15, 0.2) is 0 Å². The second-order valence-electron chi connectivity index (χ2n) is 10.9. The maximum Gasteiger partial charge on any atom is 0.303 e. The van der Waals surface area contributed by atoms with Gasteiger partial charge in [0, 0.05) is 42.7 Å². The number of sulfonamides is 1. The molecule has 0 fully saturated rings. The van der Waals surface area contributed by atoms with Crippen molar-refractivity contribution in [2.24, 2.45) is 0 Å². The Morgan fingerprint density at radius 2 is 1.63 bits per heavy atom. The number of carbonyl (C=O) groups is 1. The highest BCUT2D eigenvalue weighted by Crippen LogP contribution is 2.37. The van der Waals surface area contributed by atoms with Crippen molar-refractivity contribution in [2.45, 2.75) is 62.5 Å². The smallest absolute Gasteiger partial charge is 0.303 e. The van der Waals surface area contributed by atoms with Crippen molar-refractivity contribution in [3.05, 3.63) is 87.9 Å². The van der Waals surface area contributed by atoms with E-state index in [1.165, 1.54) is 24.7 Å². The van der Waals surface area contributed by atoms with Crippen LogP contribution in [0.25, 0.3) is 11.1 Å². The number of β-amino-alcohol motifs (C(OH)–C–C–N with tert-alkyl or cyclic N) is 1. The van der Waals surface area contributed by atoms with Crippen molar-refractivity contribution in [1.82, 2.24) is 9.62 Å². The summed E-state index contributed by atoms with van der Waals surface area (Å²) in [7, 11) is -2.70. The standard InChI is InChI=1S/C31H38Cl2N2O5S/c1-31(2,17-7-10-22-8-5-4-6-9-22)34-20-26(36)21-35(3)41(39,40)30-27(18-25(32)19-28(30)33)24-14-11-23(12-15-24)13-16-29(37)38/h4-6,8-9,11-12,14-15,18-19,26,34,36H,7,10,13,16-17,20-21H2,1-3H3,(H,37,38)/t26-/m1/s1. The number of nitrogens with zero attached hydrogens (tertiary/aromatic N) is 1. The zero-order valence-electron chi connectivity index (χ0n) is 23.6. The minimum absolute atomic E-state index is 0.00514. The van der Waals surface area contributed by atoms with Crippen LogP contribution in [0.4, 0.5) is 0 Å². The van der Waals surface area contributed by atoms with E-state index < -0.39 is 22.1 Å². The molecule has 222 valence electrons. The fraction of sp³-hybridized carbons (Fsp3) is 0.387. The minimum atomic E-state index is -4.11. The van der Waals surface area contributed by atoms with E-state index in [9.17, 15) is 18.3 Å². The molecule has 0 bridgehead atoms. The molecule has 0 unspecified atom stereocenters. The first-order valence-electron chi connectivity index (χ1n) is 13.5. The number of rotatable bonds is 15. The van der Waals surface area contributed by atoms with Crippen LogP contribution in [0.5, 0.6) is 0 Å². The molecule has 7 nitrogen and oxygen atoms in total. The Hall–Kier alpha value is -2.46. The van der Waals surface area contributed by atoms with Crippen LogP contribution < -0.4 is 5.32 Å². The Labute approximate surface area is 253 Å². The van der Waals surface area contributed by atoms with Crippen LogP contribution in [0, 0.1) is 0 Å². The predicted octanol–water partition coefficient (Wildman–Crippen LogP) is 6.05. The van der Waals surface area contributed by atoms with Gasteiger partial charge in [0.25, 0.3) is 0 Å². The molecule has 0 spiro atoms. The molecule has 0 saturated heterocycles. The fourth-order valence-electron chi connectivity index (χ4n) is 4.62. The third-order valence-corrected chi connectivity index (χ3v) is 9.52. The molecule has 3 rings (SSSR count). The van der Waals surface area contributed by atoms with E-state index in [0.717, 1.165) is 29.1 Å². The Balaban J connectivity index is 1.68. The van der Waals surface area contributed by atoms with Gasteiger partial charge in [-0.05, 0) is 68.4 Å². The summed E-state index contributed by atoms with van der Waals surface area (Å²) in [6.45, 7) is 4.22. The molecule has 0 heterocycles. The van der Waals surface area contributed by atoms with Crippen LogP contribution in [-0.2, 0) is 27.7 Å². The largest absolute Gasteiger partial charge is 0.481 e. The Morgan fingerprint density at radius 3 is 2.27 bits per heavy atom. The highest BCUT2D eigenvalue weighted by molar-refractivity contribution is 7.89. The highest BCUT2D eigenvalue weighted by atomic mass is 35.5. The number of hydrogen-bond donors (Lipinski definition) is 3. The minimum Gasteiger partial charge on any atom is -0.481 e. The quantitative estimate of drug-likeness (QED) is 0.191. The highest BCUT2D eigenvalue weighted by Gasteiger charge is 2.30. The molecular formula is C31H38Cl2N2O5S. The van der Waals surface area contributed by atoms with E-state index in [1.807, 2.05) is 18.2 Å². The van der Waals surface area contributed by atoms with Gasteiger partial charge in [-0.15, -0.1) is 0 Å². The molecule has 0 aliphatic carbocycles. The monoisotopic (exact) mass is 620 g/mol. The fourth-order valence-corrected chi connectivity index (χ4v) is 6.84. The SMILES string of the molecule is CN(C[C@H](O)CNC(C)(C)CCCc1ccccc1)S(=O)(=O)c1c(Cl)cc(Cl)cc1-c1ccc(CCC(=O)O)cc1. The summed E-state index contributed by atoms with van der Waals surface area (Å²) in [5, 5.41) is 23.3. The second-order valence-corrected chi connectivity index (χ2v) is 13.7. The number of benzene rings is 3. The van der Waals surface area contributed by atoms with Crippen molar-refractivity contribution in [1.29, 1.82) is 0 Å². The molecule has 0 aliphatic heterocycles. The number of likely N-dealkylation sites (N-methyl/N-ethyl adjacent to an activating group) is 1. The van der Waals surface area contributed by atoms with Gasteiger partial charge in [-0.2, -0.15) is 4.31 Å². The average molecular weight is 622 g/mol. The lowest BCUT2D eigenvalue weighted by Crippen LogP contribution is -2.46. The summed E-state index contributed by atoms with van der Waals surface area (Å²) in [4.78, 5) is 10.8. The van der Waals surface area contributed by atoms with Crippen LogP contribution in [-0.4, -0.2) is 60.7 Å². The Bertz CT molecular complexity index is 1410. The number of hydrogen-bond acceptors (Lipinski definition) is 5. The summed E-state index contributed by atoms with van der Waals surface area (Å²) in [6, 6.07) is 20.1. The molecule has 0 saturated carbocycles. The van der Waals surface area contributed by atoms with E-state index in [0.29, 0.717) is 17.5 Å². The maximum atomic E-state index is 13.7. The first-order chi connectivity index (χ1) is 19.3. The number of aliphatic hydroxyl groups is 1. The lowest BCUT2D eigenvalue weighted by Gasteiger charge is -2.29. The Kier molecular flexibility index (Phi) is 11.8. The number of halogens is 2.